The fourth-order valence-electron chi connectivity index (χ4n) is 1.16. The van der Waals surface area contributed by atoms with Crippen molar-refractivity contribution < 1.29 is 13.2 Å². The zero-order chi connectivity index (χ0) is 12.9. The number of halogens is 1. The monoisotopic (exact) mass is 273 g/mol. The summed E-state index contributed by atoms with van der Waals surface area (Å²) in [7, 11) is -3.06. The van der Waals surface area contributed by atoms with E-state index in [4.69, 9.17) is 21.6 Å². The number of hydrogen-bond acceptors (Lipinski definition) is 4. The number of ether oxygens (including phenoxy) is 1. The summed E-state index contributed by atoms with van der Waals surface area (Å²) < 4.78 is 27.7. The van der Waals surface area contributed by atoms with E-state index >= 15 is 0 Å². The average Bonchev–Trinajstić information content (AvgIpc) is 2.29. The number of rotatable bonds is 5. The van der Waals surface area contributed by atoms with Crippen LogP contribution in [0.1, 0.15) is 12.5 Å². The summed E-state index contributed by atoms with van der Waals surface area (Å²) in [4.78, 5) is 0. The van der Waals surface area contributed by atoms with Gasteiger partial charge in [0.15, 0.2) is 9.84 Å². The standard InChI is InChI=1S/C11H12ClNO3S/c1-2-17(14,15)7-6-16-11-5-3-4-10(12)9(11)8-13/h3-5H,2,6-7H2,1H3. The first-order valence-electron chi connectivity index (χ1n) is 5.02. The van der Waals surface area contributed by atoms with Gasteiger partial charge in [0.2, 0.25) is 0 Å². The molecule has 0 saturated heterocycles. The molecule has 1 aromatic rings. The van der Waals surface area contributed by atoms with Gasteiger partial charge in [0.1, 0.15) is 24.0 Å². The zero-order valence-corrected chi connectivity index (χ0v) is 10.9. The number of nitriles is 1. The van der Waals surface area contributed by atoms with Crippen LogP contribution in [0.2, 0.25) is 5.02 Å². The minimum Gasteiger partial charge on any atom is -0.491 e. The fourth-order valence-corrected chi connectivity index (χ4v) is 1.99. The van der Waals surface area contributed by atoms with Crippen molar-refractivity contribution in [3.8, 4) is 11.8 Å². The van der Waals surface area contributed by atoms with Crippen LogP contribution in [0.5, 0.6) is 5.75 Å². The second-order valence-corrected chi connectivity index (χ2v) is 6.19. The topological polar surface area (TPSA) is 67.2 Å². The Bertz CT molecular complexity index is 534. The van der Waals surface area contributed by atoms with Gasteiger partial charge in [0, 0.05) is 5.75 Å². The predicted molar refractivity (Wildman–Crippen MR) is 66.0 cm³/mol. The number of benzene rings is 1. The molecule has 0 fully saturated rings. The van der Waals surface area contributed by atoms with Gasteiger partial charge in [-0.1, -0.05) is 24.6 Å². The molecule has 0 radical (unpaired) electrons. The molecule has 17 heavy (non-hydrogen) atoms. The van der Waals surface area contributed by atoms with Gasteiger partial charge in [-0.05, 0) is 12.1 Å². The van der Waals surface area contributed by atoms with E-state index in [-0.39, 0.29) is 23.7 Å². The molecule has 0 atom stereocenters. The van der Waals surface area contributed by atoms with Gasteiger partial charge >= 0.3 is 0 Å². The van der Waals surface area contributed by atoms with E-state index in [0.29, 0.717) is 10.8 Å². The van der Waals surface area contributed by atoms with Crippen LogP contribution in [0, 0.1) is 11.3 Å². The van der Waals surface area contributed by atoms with Crippen LogP contribution in [-0.4, -0.2) is 26.5 Å². The van der Waals surface area contributed by atoms with Gasteiger partial charge in [-0.15, -0.1) is 0 Å². The minimum absolute atomic E-state index is 0.0190. The van der Waals surface area contributed by atoms with E-state index in [1.807, 2.05) is 6.07 Å². The Morgan fingerprint density at radius 1 is 1.47 bits per heavy atom. The second kappa shape index (κ2) is 5.89. The van der Waals surface area contributed by atoms with E-state index in [1.54, 1.807) is 25.1 Å². The van der Waals surface area contributed by atoms with E-state index < -0.39 is 9.84 Å². The maximum Gasteiger partial charge on any atom is 0.153 e. The Morgan fingerprint density at radius 3 is 2.76 bits per heavy atom. The van der Waals surface area contributed by atoms with E-state index in [9.17, 15) is 8.42 Å². The molecule has 0 amide bonds. The molecule has 6 heteroatoms. The van der Waals surface area contributed by atoms with Crippen LogP contribution in [0.4, 0.5) is 0 Å². The Morgan fingerprint density at radius 2 is 2.18 bits per heavy atom. The first-order valence-corrected chi connectivity index (χ1v) is 7.22. The highest BCUT2D eigenvalue weighted by atomic mass is 35.5. The molecule has 0 spiro atoms. The van der Waals surface area contributed by atoms with Crippen molar-refractivity contribution in [2.45, 2.75) is 6.92 Å². The summed E-state index contributed by atoms with van der Waals surface area (Å²) in [6.07, 6.45) is 0. The smallest absolute Gasteiger partial charge is 0.153 e. The van der Waals surface area contributed by atoms with E-state index in [0.717, 1.165) is 0 Å². The largest absolute Gasteiger partial charge is 0.491 e. The lowest BCUT2D eigenvalue weighted by Crippen LogP contribution is -2.15. The highest BCUT2D eigenvalue weighted by Gasteiger charge is 2.10. The Balaban J connectivity index is 2.72. The van der Waals surface area contributed by atoms with Gasteiger partial charge in [0.05, 0.1) is 10.8 Å². The molecule has 0 aliphatic carbocycles. The molecule has 0 heterocycles. The lowest BCUT2D eigenvalue weighted by molar-refractivity contribution is 0.340. The van der Waals surface area contributed by atoms with E-state index in [1.165, 1.54) is 0 Å². The van der Waals surface area contributed by atoms with Gasteiger partial charge in [-0.25, -0.2) is 8.42 Å². The summed E-state index contributed by atoms with van der Waals surface area (Å²) in [5.74, 6) is 0.323. The molecule has 1 aromatic carbocycles. The molecule has 0 bridgehead atoms. The van der Waals surface area contributed by atoms with Crippen LogP contribution < -0.4 is 4.74 Å². The fraction of sp³-hybridized carbons (Fsp3) is 0.364. The summed E-state index contributed by atoms with van der Waals surface area (Å²) in [6, 6.07) is 6.73. The molecule has 4 nitrogen and oxygen atoms in total. The third-order valence-electron chi connectivity index (χ3n) is 2.18. The molecule has 1 rings (SSSR count). The third kappa shape index (κ3) is 3.91. The average molecular weight is 274 g/mol. The van der Waals surface area contributed by atoms with Gasteiger partial charge in [0.25, 0.3) is 0 Å². The van der Waals surface area contributed by atoms with Crippen molar-refractivity contribution >= 4 is 21.4 Å². The van der Waals surface area contributed by atoms with Crippen molar-refractivity contribution in [3.05, 3.63) is 28.8 Å². The number of sulfone groups is 1. The van der Waals surface area contributed by atoms with Gasteiger partial charge < -0.3 is 4.74 Å². The number of nitrogens with zero attached hydrogens (tertiary/aromatic N) is 1. The molecular weight excluding hydrogens is 262 g/mol. The van der Waals surface area contributed by atoms with Crippen molar-refractivity contribution in [3.63, 3.8) is 0 Å². The first-order chi connectivity index (χ1) is 8.00. The van der Waals surface area contributed by atoms with Crippen LogP contribution in [0.3, 0.4) is 0 Å². The third-order valence-corrected chi connectivity index (χ3v) is 4.16. The molecule has 92 valence electrons. The lowest BCUT2D eigenvalue weighted by Gasteiger charge is -2.08. The molecule has 0 saturated carbocycles. The molecule has 0 unspecified atom stereocenters. The first kappa shape index (κ1) is 13.8. The summed E-state index contributed by atoms with van der Waals surface area (Å²) in [5, 5.41) is 9.17. The Kier molecular flexibility index (Phi) is 4.79. The Labute approximate surface area is 106 Å². The quantitative estimate of drug-likeness (QED) is 0.823. The summed E-state index contributed by atoms with van der Waals surface area (Å²) in [5.41, 5.74) is 0.225. The maximum absolute atomic E-state index is 11.2. The SMILES string of the molecule is CCS(=O)(=O)CCOc1cccc(Cl)c1C#N. The van der Waals surface area contributed by atoms with Crippen molar-refractivity contribution in [1.82, 2.24) is 0 Å². The van der Waals surface area contributed by atoms with Crippen molar-refractivity contribution in [2.24, 2.45) is 0 Å². The Hall–Kier alpha value is -1.25. The van der Waals surface area contributed by atoms with Crippen LogP contribution in [0.15, 0.2) is 18.2 Å². The molecule has 0 aliphatic heterocycles. The van der Waals surface area contributed by atoms with Crippen LogP contribution in [-0.2, 0) is 9.84 Å². The lowest BCUT2D eigenvalue weighted by atomic mass is 10.2. The second-order valence-electron chi connectivity index (χ2n) is 3.31. The van der Waals surface area contributed by atoms with Crippen LogP contribution in [0.25, 0.3) is 0 Å². The van der Waals surface area contributed by atoms with Crippen LogP contribution >= 0.6 is 11.6 Å². The minimum atomic E-state index is -3.06. The number of hydrogen-bond donors (Lipinski definition) is 0. The van der Waals surface area contributed by atoms with Crippen molar-refractivity contribution in [1.29, 1.82) is 5.26 Å². The molecule has 0 aromatic heterocycles. The molecular formula is C11H12ClNO3S. The van der Waals surface area contributed by atoms with E-state index in [2.05, 4.69) is 0 Å². The zero-order valence-electron chi connectivity index (χ0n) is 9.31. The summed E-state index contributed by atoms with van der Waals surface area (Å²) >= 11 is 5.80. The predicted octanol–water partition coefficient (Wildman–Crippen LogP) is 2.03. The van der Waals surface area contributed by atoms with Gasteiger partial charge in [-0.3, -0.25) is 0 Å². The highest BCUT2D eigenvalue weighted by Crippen LogP contribution is 2.25. The molecule has 0 N–H and O–H groups in total. The van der Waals surface area contributed by atoms with Gasteiger partial charge in [-0.2, -0.15) is 5.26 Å². The maximum atomic E-state index is 11.2. The molecule has 0 aliphatic rings. The summed E-state index contributed by atoms with van der Waals surface area (Å²) in [6.45, 7) is 1.60. The highest BCUT2D eigenvalue weighted by molar-refractivity contribution is 7.91. The van der Waals surface area contributed by atoms with Crippen molar-refractivity contribution in [2.75, 3.05) is 18.1 Å². The normalized spacial score (nSPS) is 10.9.